The third kappa shape index (κ3) is 1.20. The van der Waals surface area contributed by atoms with Crippen molar-refractivity contribution < 1.29 is 9.53 Å². The largest absolute Gasteiger partial charge is 0.464 e. The summed E-state index contributed by atoms with van der Waals surface area (Å²) in [5, 5.41) is 0. The van der Waals surface area contributed by atoms with Gasteiger partial charge in [0.2, 0.25) is 0 Å². The molecule has 0 saturated heterocycles. The second-order valence-electron chi connectivity index (χ2n) is 1.62. The van der Waals surface area contributed by atoms with Crippen LogP contribution in [0.3, 0.4) is 0 Å². The van der Waals surface area contributed by atoms with Crippen LogP contribution in [0.15, 0.2) is 11.8 Å². The Morgan fingerprint density at radius 2 is 2.67 bits per heavy atom. The van der Waals surface area contributed by atoms with E-state index < -0.39 is 0 Å². The lowest BCUT2D eigenvalue weighted by Crippen LogP contribution is -2.27. The molecule has 0 atom stereocenters. The molecule has 0 aromatic carbocycles. The van der Waals surface area contributed by atoms with Gasteiger partial charge in [-0.15, -0.1) is 0 Å². The van der Waals surface area contributed by atoms with Crippen molar-refractivity contribution in [3.8, 4) is 0 Å². The van der Waals surface area contributed by atoms with Gasteiger partial charge in [0.05, 0.1) is 7.11 Å². The first-order valence-electron chi connectivity index (χ1n) is 2.62. The van der Waals surface area contributed by atoms with Gasteiger partial charge in [0.15, 0.2) is 0 Å². The number of esters is 1. The normalized spacial score (nSPS) is 16.3. The number of carbonyl (C=O) groups is 1. The van der Waals surface area contributed by atoms with Gasteiger partial charge in [-0.3, -0.25) is 0 Å². The first-order valence-corrected chi connectivity index (χ1v) is 2.62. The Hall–Kier alpha value is -1.03. The molecule has 1 rings (SSSR count). The monoisotopic (exact) mass is 128 g/mol. The predicted octanol–water partition coefficient (Wildman–Crippen LogP) is -0.849. The number of hydrazine groups is 1. The third-order valence-corrected chi connectivity index (χ3v) is 1.04. The van der Waals surface area contributed by atoms with Crippen molar-refractivity contribution in [3.05, 3.63) is 11.8 Å². The van der Waals surface area contributed by atoms with E-state index >= 15 is 0 Å². The van der Waals surface area contributed by atoms with Gasteiger partial charge < -0.3 is 10.2 Å². The maximum Gasteiger partial charge on any atom is 0.355 e. The van der Waals surface area contributed by atoms with Crippen molar-refractivity contribution in [3.63, 3.8) is 0 Å². The van der Waals surface area contributed by atoms with E-state index in [4.69, 9.17) is 0 Å². The van der Waals surface area contributed by atoms with E-state index in [0.29, 0.717) is 12.2 Å². The van der Waals surface area contributed by atoms with Crippen LogP contribution in [0.1, 0.15) is 0 Å². The lowest BCUT2D eigenvalue weighted by molar-refractivity contribution is -0.136. The fourth-order valence-corrected chi connectivity index (χ4v) is 0.595. The Balaban J connectivity index is 2.51. The van der Waals surface area contributed by atoms with Crippen LogP contribution in [0.4, 0.5) is 0 Å². The summed E-state index contributed by atoms with van der Waals surface area (Å²) in [6.45, 7) is 0.671. The van der Waals surface area contributed by atoms with Gasteiger partial charge in [0, 0.05) is 6.54 Å². The summed E-state index contributed by atoms with van der Waals surface area (Å²) in [5.74, 6) is -0.333. The molecule has 0 amide bonds. The molecular weight excluding hydrogens is 120 g/mol. The van der Waals surface area contributed by atoms with E-state index in [2.05, 4.69) is 15.6 Å². The zero-order valence-electron chi connectivity index (χ0n) is 5.10. The van der Waals surface area contributed by atoms with Crippen LogP contribution in [-0.2, 0) is 9.53 Å². The minimum atomic E-state index is -0.333. The van der Waals surface area contributed by atoms with Crippen LogP contribution in [0.25, 0.3) is 0 Å². The molecule has 0 unspecified atom stereocenters. The lowest BCUT2D eigenvalue weighted by atomic mass is 10.4. The maximum atomic E-state index is 10.6. The third-order valence-electron chi connectivity index (χ3n) is 1.04. The molecule has 0 aliphatic carbocycles. The molecule has 0 aromatic rings. The van der Waals surface area contributed by atoms with Crippen molar-refractivity contribution in [1.82, 2.24) is 10.9 Å². The fourth-order valence-electron chi connectivity index (χ4n) is 0.595. The Morgan fingerprint density at radius 3 is 3.11 bits per heavy atom. The standard InChI is InChI=1S/C5H8N2O2/c1-9-5(8)4-2-3-6-7-4/h2,6-7H,3H2,1H3. The molecule has 0 aromatic heterocycles. The molecule has 0 saturated carbocycles. The first kappa shape index (κ1) is 6.10. The number of hydrogen-bond acceptors (Lipinski definition) is 4. The van der Waals surface area contributed by atoms with Crippen molar-refractivity contribution in [2.75, 3.05) is 13.7 Å². The van der Waals surface area contributed by atoms with Crippen LogP contribution in [0, 0.1) is 0 Å². The molecule has 0 spiro atoms. The van der Waals surface area contributed by atoms with Crippen molar-refractivity contribution in [2.45, 2.75) is 0 Å². The van der Waals surface area contributed by atoms with Crippen LogP contribution >= 0.6 is 0 Å². The molecule has 0 bridgehead atoms. The average Bonchev–Trinajstić information content (AvgIpc) is 2.37. The summed E-state index contributed by atoms with van der Waals surface area (Å²) in [4.78, 5) is 10.6. The van der Waals surface area contributed by atoms with Crippen molar-refractivity contribution >= 4 is 5.97 Å². The fraction of sp³-hybridized carbons (Fsp3) is 0.400. The van der Waals surface area contributed by atoms with Gasteiger partial charge in [0.25, 0.3) is 0 Å². The Kier molecular flexibility index (Phi) is 1.69. The number of rotatable bonds is 1. The van der Waals surface area contributed by atoms with E-state index in [1.54, 1.807) is 6.08 Å². The number of nitrogens with one attached hydrogen (secondary N) is 2. The minimum Gasteiger partial charge on any atom is -0.464 e. The Labute approximate surface area is 52.8 Å². The van der Waals surface area contributed by atoms with Crippen LogP contribution in [-0.4, -0.2) is 19.6 Å². The molecule has 1 aliphatic rings. The second kappa shape index (κ2) is 2.50. The molecule has 4 nitrogen and oxygen atoms in total. The van der Waals surface area contributed by atoms with Gasteiger partial charge in [-0.2, -0.15) is 0 Å². The zero-order valence-corrected chi connectivity index (χ0v) is 5.10. The second-order valence-corrected chi connectivity index (χ2v) is 1.62. The van der Waals surface area contributed by atoms with E-state index in [1.165, 1.54) is 7.11 Å². The van der Waals surface area contributed by atoms with Gasteiger partial charge >= 0.3 is 5.97 Å². The van der Waals surface area contributed by atoms with Gasteiger partial charge in [-0.25, -0.2) is 10.2 Å². The molecule has 0 radical (unpaired) electrons. The Bertz CT molecular complexity index is 153. The first-order chi connectivity index (χ1) is 4.34. The van der Waals surface area contributed by atoms with Gasteiger partial charge in [0.1, 0.15) is 5.70 Å². The smallest absolute Gasteiger partial charge is 0.355 e. The topological polar surface area (TPSA) is 50.4 Å². The van der Waals surface area contributed by atoms with E-state index in [1.807, 2.05) is 0 Å². The molecule has 9 heavy (non-hydrogen) atoms. The molecular formula is C5H8N2O2. The number of carbonyl (C=O) groups excluding carboxylic acids is 1. The van der Waals surface area contributed by atoms with Crippen molar-refractivity contribution in [1.29, 1.82) is 0 Å². The minimum absolute atomic E-state index is 0.333. The highest BCUT2D eigenvalue weighted by Crippen LogP contribution is 1.93. The predicted molar refractivity (Wildman–Crippen MR) is 31.2 cm³/mol. The summed E-state index contributed by atoms with van der Waals surface area (Å²) >= 11 is 0. The van der Waals surface area contributed by atoms with Crippen LogP contribution in [0.2, 0.25) is 0 Å². The number of hydrogen-bond donors (Lipinski definition) is 2. The van der Waals surface area contributed by atoms with Gasteiger partial charge in [-0.1, -0.05) is 0 Å². The molecule has 2 N–H and O–H groups in total. The number of ether oxygens (including phenoxy) is 1. The quantitative estimate of drug-likeness (QED) is 0.452. The van der Waals surface area contributed by atoms with E-state index in [0.717, 1.165) is 0 Å². The highest BCUT2D eigenvalue weighted by atomic mass is 16.5. The summed E-state index contributed by atoms with van der Waals surface area (Å²) in [6, 6.07) is 0. The summed E-state index contributed by atoms with van der Waals surface area (Å²) < 4.78 is 4.42. The number of methoxy groups -OCH3 is 1. The van der Waals surface area contributed by atoms with E-state index in [9.17, 15) is 4.79 Å². The SMILES string of the molecule is COC(=O)C1=CCNN1. The zero-order chi connectivity index (χ0) is 6.69. The average molecular weight is 128 g/mol. The van der Waals surface area contributed by atoms with Gasteiger partial charge in [-0.05, 0) is 6.08 Å². The Morgan fingerprint density at radius 1 is 1.89 bits per heavy atom. The van der Waals surface area contributed by atoms with Crippen LogP contribution in [0.5, 0.6) is 0 Å². The van der Waals surface area contributed by atoms with Crippen LogP contribution < -0.4 is 10.9 Å². The highest BCUT2D eigenvalue weighted by Gasteiger charge is 2.10. The maximum absolute atomic E-state index is 10.6. The van der Waals surface area contributed by atoms with Crippen molar-refractivity contribution in [2.24, 2.45) is 0 Å². The molecule has 0 fully saturated rings. The lowest BCUT2D eigenvalue weighted by Gasteiger charge is -1.99. The highest BCUT2D eigenvalue weighted by molar-refractivity contribution is 5.87. The molecule has 1 aliphatic heterocycles. The summed E-state index contributed by atoms with van der Waals surface area (Å²) in [6.07, 6.45) is 1.73. The summed E-state index contributed by atoms with van der Waals surface area (Å²) in [7, 11) is 1.35. The molecule has 1 heterocycles. The molecule has 50 valence electrons. The van der Waals surface area contributed by atoms with E-state index in [-0.39, 0.29) is 5.97 Å². The summed E-state index contributed by atoms with van der Waals surface area (Å²) in [5.41, 5.74) is 5.87. The molecule has 4 heteroatoms.